The molecule has 0 saturated carbocycles. The molecular formula is C17H14Cl2N2O2. The number of fused-ring (bicyclic) bond motifs is 1. The van der Waals surface area contributed by atoms with Gasteiger partial charge in [0.1, 0.15) is 5.69 Å². The van der Waals surface area contributed by atoms with Crippen molar-refractivity contribution in [3.63, 3.8) is 0 Å². The molecule has 1 atom stereocenters. The number of amides is 1. The van der Waals surface area contributed by atoms with Crippen molar-refractivity contribution < 1.29 is 9.59 Å². The molecule has 0 unspecified atom stereocenters. The van der Waals surface area contributed by atoms with Crippen molar-refractivity contribution in [2.24, 2.45) is 0 Å². The first-order valence-corrected chi connectivity index (χ1v) is 7.93. The van der Waals surface area contributed by atoms with Gasteiger partial charge in [-0.2, -0.15) is 0 Å². The number of nitrogens with zero attached hydrogens (tertiary/aromatic N) is 1. The minimum Gasteiger partial charge on any atom is -0.351 e. The second-order valence-corrected chi connectivity index (χ2v) is 6.37. The Morgan fingerprint density at radius 1 is 1.39 bits per heavy atom. The molecule has 1 aliphatic rings. The van der Waals surface area contributed by atoms with E-state index in [-0.39, 0.29) is 18.1 Å². The number of benzene rings is 1. The molecule has 1 amide bonds. The number of rotatable bonds is 3. The van der Waals surface area contributed by atoms with Crippen LogP contribution in [0.4, 0.5) is 0 Å². The summed E-state index contributed by atoms with van der Waals surface area (Å²) in [5.74, 6) is -0.783. The Hall–Kier alpha value is -1.91. The zero-order valence-electron chi connectivity index (χ0n) is 12.4. The topological polar surface area (TPSA) is 59.1 Å². The highest BCUT2D eigenvalue weighted by molar-refractivity contribution is 6.35. The molecule has 1 aromatic heterocycles. The number of ketones is 1. The van der Waals surface area contributed by atoms with E-state index < -0.39 is 5.92 Å². The van der Waals surface area contributed by atoms with Crippen LogP contribution >= 0.6 is 23.2 Å². The summed E-state index contributed by atoms with van der Waals surface area (Å²) in [6, 6.07) is 6.96. The van der Waals surface area contributed by atoms with E-state index in [0.717, 1.165) is 11.1 Å². The predicted molar refractivity (Wildman–Crippen MR) is 89.0 cm³/mol. The first-order valence-electron chi connectivity index (χ1n) is 7.17. The normalized spacial score (nSPS) is 16.3. The maximum absolute atomic E-state index is 12.5. The lowest BCUT2D eigenvalue weighted by atomic mass is 10.0. The van der Waals surface area contributed by atoms with Crippen molar-refractivity contribution in [3.8, 4) is 0 Å². The molecule has 1 aliphatic carbocycles. The fraction of sp³-hybridized carbons (Fsp3) is 0.235. The Labute approximate surface area is 143 Å². The van der Waals surface area contributed by atoms with Crippen molar-refractivity contribution >= 4 is 34.9 Å². The fourth-order valence-corrected chi connectivity index (χ4v) is 3.47. The number of carbonyl (C=O) groups excluding carboxylic acids is 2. The standard InChI is InChI=1S/C17H14Cl2N2O2/c1-9-5-10(18)6-14(19)13(9)8-21-17(23)12-7-15(22)16-11(12)3-2-4-20-16/h2-6,12H,7-8H2,1H3,(H,21,23)/t12-/m1/s1. The maximum atomic E-state index is 12.5. The Morgan fingerprint density at radius 2 is 2.17 bits per heavy atom. The Balaban J connectivity index is 1.76. The van der Waals surface area contributed by atoms with Crippen molar-refractivity contribution in [2.45, 2.75) is 25.8 Å². The van der Waals surface area contributed by atoms with Gasteiger partial charge in [-0.1, -0.05) is 29.3 Å². The number of aromatic nitrogens is 1. The van der Waals surface area contributed by atoms with Gasteiger partial charge in [-0.05, 0) is 41.8 Å². The number of carbonyl (C=O) groups is 2. The van der Waals surface area contributed by atoms with Crippen LogP contribution in [0.5, 0.6) is 0 Å². The highest BCUT2D eigenvalue weighted by Gasteiger charge is 2.35. The van der Waals surface area contributed by atoms with Crippen molar-refractivity contribution in [1.82, 2.24) is 10.3 Å². The number of nitrogens with one attached hydrogen (secondary N) is 1. The molecule has 23 heavy (non-hydrogen) atoms. The van der Waals surface area contributed by atoms with E-state index in [0.29, 0.717) is 27.8 Å². The van der Waals surface area contributed by atoms with Crippen LogP contribution in [-0.4, -0.2) is 16.7 Å². The van der Waals surface area contributed by atoms with Gasteiger partial charge in [-0.3, -0.25) is 14.6 Å². The number of pyridine rings is 1. The Kier molecular flexibility index (Phi) is 4.37. The van der Waals surface area contributed by atoms with Gasteiger partial charge in [0.05, 0.1) is 5.92 Å². The highest BCUT2D eigenvalue weighted by Crippen LogP contribution is 2.32. The van der Waals surface area contributed by atoms with E-state index in [9.17, 15) is 9.59 Å². The minimum absolute atomic E-state index is 0.0959. The Morgan fingerprint density at radius 3 is 2.91 bits per heavy atom. The first kappa shape index (κ1) is 16.0. The van der Waals surface area contributed by atoms with E-state index in [4.69, 9.17) is 23.2 Å². The lowest BCUT2D eigenvalue weighted by Gasteiger charge is -2.14. The van der Waals surface area contributed by atoms with E-state index >= 15 is 0 Å². The van der Waals surface area contributed by atoms with E-state index in [1.807, 2.05) is 6.92 Å². The number of hydrogen-bond donors (Lipinski definition) is 1. The van der Waals surface area contributed by atoms with Crippen LogP contribution in [0.25, 0.3) is 0 Å². The molecule has 3 rings (SSSR count). The van der Waals surface area contributed by atoms with Crippen LogP contribution in [0.2, 0.25) is 10.0 Å². The molecule has 0 fully saturated rings. The smallest absolute Gasteiger partial charge is 0.228 e. The summed E-state index contributed by atoms with van der Waals surface area (Å²) in [5.41, 5.74) is 2.81. The number of halogens is 2. The molecule has 0 bridgehead atoms. The average Bonchev–Trinajstić information content (AvgIpc) is 2.84. The molecule has 0 spiro atoms. The summed E-state index contributed by atoms with van der Waals surface area (Å²) < 4.78 is 0. The van der Waals surface area contributed by atoms with Crippen LogP contribution in [-0.2, 0) is 11.3 Å². The average molecular weight is 349 g/mol. The second kappa shape index (κ2) is 6.30. The molecule has 118 valence electrons. The molecule has 0 radical (unpaired) electrons. The zero-order valence-corrected chi connectivity index (χ0v) is 13.9. The fourth-order valence-electron chi connectivity index (χ4n) is 2.81. The molecule has 0 saturated heterocycles. The number of aryl methyl sites for hydroxylation is 1. The SMILES string of the molecule is Cc1cc(Cl)cc(Cl)c1CNC(=O)[C@@H]1CC(=O)c2ncccc21. The third-order valence-electron chi connectivity index (χ3n) is 4.01. The number of hydrogen-bond acceptors (Lipinski definition) is 3. The van der Waals surface area contributed by atoms with Crippen molar-refractivity contribution in [1.29, 1.82) is 0 Å². The second-order valence-electron chi connectivity index (χ2n) is 5.52. The molecule has 2 aromatic rings. The lowest BCUT2D eigenvalue weighted by Crippen LogP contribution is -2.28. The van der Waals surface area contributed by atoms with Gasteiger partial charge in [-0.15, -0.1) is 0 Å². The van der Waals surface area contributed by atoms with Crippen LogP contribution in [0.3, 0.4) is 0 Å². The largest absolute Gasteiger partial charge is 0.351 e. The van der Waals surface area contributed by atoms with Crippen molar-refractivity contribution in [3.05, 3.63) is 62.9 Å². The van der Waals surface area contributed by atoms with Gasteiger partial charge in [0.25, 0.3) is 0 Å². The minimum atomic E-state index is -0.488. The van der Waals surface area contributed by atoms with E-state index in [1.165, 1.54) is 0 Å². The van der Waals surface area contributed by atoms with Crippen LogP contribution in [0.15, 0.2) is 30.5 Å². The monoisotopic (exact) mass is 348 g/mol. The van der Waals surface area contributed by atoms with E-state index in [2.05, 4.69) is 10.3 Å². The third kappa shape index (κ3) is 3.09. The summed E-state index contributed by atoms with van der Waals surface area (Å²) in [6.07, 6.45) is 1.72. The van der Waals surface area contributed by atoms with Crippen LogP contribution < -0.4 is 5.32 Å². The maximum Gasteiger partial charge on any atom is 0.228 e. The van der Waals surface area contributed by atoms with Crippen LogP contribution in [0, 0.1) is 6.92 Å². The Bertz CT molecular complexity index is 782. The zero-order chi connectivity index (χ0) is 16.6. The van der Waals surface area contributed by atoms with Gasteiger partial charge in [0, 0.05) is 29.2 Å². The summed E-state index contributed by atoms with van der Waals surface area (Å²) >= 11 is 12.1. The summed E-state index contributed by atoms with van der Waals surface area (Å²) in [4.78, 5) is 28.4. The molecular weight excluding hydrogens is 335 g/mol. The number of Topliss-reactive ketones (excluding diaryl/α,β-unsaturated/α-hetero) is 1. The summed E-state index contributed by atoms with van der Waals surface area (Å²) in [5, 5.41) is 3.93. The summed E-state index contributed by atoms with van der Waals surface area (Å²) in [6.45, 7) is 2.18. The lowest BCUT2D eigenvalue weighted by molar-refractivity contribution is -0.122. The molecule has 4 nitrogen and oxygen atoms in total. The molecule has 6 heteroatoms. The van der Waals surface area contributed by atoms with Gasteiger partial charge in [-0.25, -0.2) is 0 Å². The predicted octanol–water partition coefficient (Wildman–Crippen LogP) is 3.68. The van der Waals surface area contributed by atoms with Gasteiger partial charge >= 0.3 is 0 Å². The van der Waals surface area contributed by atoms with Gasteiger partial charge < -0.3 is 5.32 Å². The summed E-state index contributed by atoms with van der Waals surface area (Å²) in [7, 11) is 0. The van der Waals surface area contributed by atoms with E-state index in [1.54, 1.807) is 30.5 Å². The first-order chi connectivity index (χ1) is 11.0. The van der Waals surface area contributed by atoms with Crippen LogP contribution in [0.1, 0.15) is 39.5 Å². The van der Waals surface area contributed by atoms with Gasteiger partial charge in [0.2, 0.25) is 5.91 Å². The molecule has 0 aliphatic heterocycles. The molecule has 1 aromatic carbocycles. The van der Waals surface area contributed by atoms with Gasteiger partial charge in [0.15, 0.2) is 5.78 Å². The van der Waals surface area contributed by atoms with Crippen molar-refractivity contribution in [2.75, 3.05) is 0 Å². The molecule has 1 N–H and O–H groups in total. The highest BCUT2D eigenvalue weighted by atomic mass is 35.5. The third-order valence-corrected chi connectivity index (χ3v) is 4.56. The quantitative estimate of drug-likeness (QED) is 0.920. The molecule has 1 heterocycles.